The fourth-order valence-corrected chi connectivity index (χ4v) is 2.91. The Morgan fingerprint density at radius 3 is 2.84 bits per heavy atom. The van der Waals surface area contributed by atoms with Crippen molar-refractivity contribution in [3.8, 4) is 11.3 Å². The van der Waals surface area contributed by atoms with Crippen molar-refractivity contribution in [2.75, 3.05) is 7.11 Å². The minimum Gasteiger partial charge on any atom is -0.465 e. The molecule has 0 radical (unpaired) electrons. The number of ether oxygens (including phenoxy) is 1. The molecule has 6 heteroatoms. The van der Waals surface area contributed by atoms with Crippen LogP contribution in [0.4, 0.5) is 0 Å². The fourth-order valence-electron chi connectivity index (χ4n) is 1.79. The Bertz CT molecular complexity index is 731. The third kappa shape index (κ3) is 2.11. The van der Waals surface area contributed by atoms with Crippen LogP contribution in [0.1, 0.15) is 9.67 Å². The van der Waals surface area contributed by atoms with Crippen molar-refractivity contribution in [2.24, 2.45) is 0 Å². The zero-order valence-corrected chi connectivity index (χ0v) is 11.5. The lowest BCUT2D eigenvalue weighted by atomic mass is 10.2. The number of hydrogen-bond acceptors (Lipinski definition) is 4. The number of nitrogens with zero attached hydrogens (tertiary/aromatic N) is 2. The maximum atomic E-state index is 11.4. The first-order valence-corrected chi connectivity index (χ1v) is 6.70. The Balaban J connectivity index is 2.07. The molecule has 0 saturated carbocycles. The third-order valence-corrected chi connectivity index (χ3v) is 4.00. The standard InChI is InChI=1S/C13H9ClN2O2S/c1-18-12(17)11-7-16-6-10(15-13(16)19-11)8-4-2-3-5-9(8)14/h2-7H,1H3. The van der Waals surface area contributed by atoms with E-state index in [0.717, 1.165) is 16.2 Å². The van der Waals surface area contributed by atoms with Gasteiger partial charge in [0.25, 0.3) is 0 Å². The van der Waals surface area contributed by atoms with Gasteiger partial charge in [0, 0.05) is 18.0 Å². The number of carbonyl (C=O) groups excluding carboxylic acids is 1. The maximum Gasteiger partial charge on any atom is 0.349 e. The molecule has 0 N–H and O–H groups in total. The maximum absolute atomic E-state index is 11.4. The molecule has 3 aromatic rings. The molecule has 0 unspecified atom stereocenters. The van der Waals surface area contributed by atoms with E-state index in [9.17, 15) is 4.79 Å². The molecular weight excluding hydrogens is 284 g/mol. The zero-order valence-electron chi connectivity index (χ0n) is 9.96. The fraction of sp³-hybridized carbons (Fsp3) is 0.0769. The summed E-state index contributed by atoms with van der Waals surface area (Å²) in [6, 6.07) is 7.52. The Labute approximate surface area is 118 Å². The van der Waals surface area contributed by atoms with E-state index in [-0.39, 0.29) is 5.97 Å². The monoisotopic (exact) mass is 292 g/mol. The van der Waals surface area contributed by atoms with Crippen LogP contribution in [0, 0.1) is 0 Å². The molecule has 0 amide bonds. The van der Waals surface area contributed by atoms with E-state index in [1.807, 2.05) is 30.5 Å². The van der Waals surface area contributed by atoms with E-state index in [4.69, 9.17) is 11.6 Å². The van der Waals surface area contributed by atoms with Crippen molar-refractivity contribution >= 4 is 33.9 Å². The second-order valence-corrected chi connectivity index (χ2v) is 5.30. The second-order valence-electron chi connectivity index (χ2n) is 3.88. The molecule has 0 bridgehead atoms. The smallest absolute Gasteiger partial charge is 0.349 e. The van der Waals surface area contributed by atoms with Crippen LogP contribution in [-0.4, -0.2) is 22.5 Å². The van der Waals surface area contributed by atoms with Crippen LogP contribution in [0.3, 0.4) is 0 Å². The Hall–Kier alpha value is -1.85. The molecule has 1 aromatic carbocycles. The molecule has 19 heavy (non-hydrogen) atoms. The van der Waals surface area contributed by atoms with Gasteiger partial charge in [-0.2, -0.15) is 0 Å². The Kier molecular flexibility index (Phi) is 3.00. The quantitative estimate of drug-likeness (QED) is 0.679. The summed E-state index contributed by atoms with van der Waals surface area (Å²) in [7, 11) is 1.36. The molecule has 96 valence electrons. The van der Waals surface area contributed by atoms with Crippen LogP contribution < -0.4 is 0 Å². The highest BCUT2D eigenvalue weighted by Crippen LogP contribution is 2.29. The van der Waals surface area contributed by atoms with Gasteiger partial charge in [0.2, 0.25) is 0 Å². The van der Waals surface area contributed by atoms with Gasteiger partial charge in [-0.25, -0.2) is 9.78 Å². The molecule has 0 aliphatic heterocycles. The molecule has 0 saturated heterocycles. The Morgan fingerprint density at radius 1 is 1.37 bits per heavy atom. The van der Waals surface area contributed by atoms with Crippen LogP contribution in [-0.2, 0) is 4.74 Å². The number of fused-ring (bicyclic) bond motifs is 1. The van der Waals surface area contributed by atoms with Crippen molar-refractivity contribution in [1.82, 2.24) is 9.38 Å². The summed E-state index contributed by atoms with van der Waals surface area (Å²) in [6.45, 7) is 0. The van der Waals surface area contributed by atoms with E-state index < -0.39 is 0 Å². The molecule has 2 heterocycles. The molecule has 3 rings (SSSR count). The van der Waals surface area contributed by atoms with Crippen molar-refractivity contribution < 1.29 is 9.53 Å². The molecule has 4 nitrogen and oxygen atoms in total. The SMILES string of the molecule is COC(=O)c1cn2cc(-c3ccccc3Cl)nc2s1. The van der Waals surface area contributed by atoms with Gasteiger partial charge in [-0.3, -0.25) is 4.40 Å². The van der Waals surface area contributed by atoms with Gasteiger partial charge in [-0.05, 0) is 6.07 Å². The second kappa shape index (κ2) is 4.68. The third-order valence-electron chi connectivity index (χ3n) is 2.69. The van der Waals surface area contributed by atoms with Crippen LogP contribution in [0.5, 0.6) is 0 Å². The normalized spacial score (nSPS) is 10.8. The number of carbonyl (C=O) groups is 1. The summed E-state index contributed by atoms with van der Waals surface area (Å²) in [5, 5.41) is 0.654. The molecule has 0 fully saturated rings. The first-order valence-electron chi connectivity index (χ1n) is 5.51. The van der Waals surface area contributed by atoms with Crippen molar-refractivity contribution in [2.45, 2.75) is 0 Å². The molecule has 0 spiro atoms. The predicted octanol–water partition coefficient (Wildman–Crippen LogP) is 3.50. The molecule has 2 aromatic heterocycles. The number of esters is 1. The highest BCUT2D eigenvalue weighted by Gasteiger charge is 2.14. The summed E-state index contributed by atoms with van der Waals surface area (Å²) in [6.07, 6.45) is 3.55. The first kappa shape index (κ1) is 12.2. The van der Waals surface area contributed by atoms with E-state index >= 15 is 0 Å². The van der Waals surface area contributed by atoms with Gasteiger partial charge in [0.15, 0.2) is 4.96 Å². The minimum absolute atomic E-state index is 0.352. The van der Waals surface area contributed by atoms with Crippen LogP contribution >= 0.6 is 22.9 Å². The van der Waals surface area contributed by atoms with Crippen LogP contribution in [0.15, 0.2) is 36.7 Å². The summed E-state index contributed by atoms with van der Waals surface area (Å²) in [5.74, 6) is -0.352. The molecule has 0 aliphatic carbocycles. The highest BCUT2D eigenvalue weighted by atomic mass is 35.5. The lowest BCUT2D eigenvalue weighted by Gasteiger charge is -1.98. The number of benzene rings is 1. The number of thiazole rings is 1. The van der Waals surface area contributed by atoms with Gasteiger partial charge >= 0.3 is 5.97 Å². The molecule has 0 aliphatic rings. The number of imidazole rings is 1. The van der Waals surface area contributed by atoms with Crippen molar-refractivity contribution in [3.63, 3.8) is 0 Å². The van der Waals surface area contributed by atoms with Crippen molar-refractivity contribution in [3.05, 3.63) is 46.6 Å². The largest absolute Gasteiger partial charge is 0.465 e. The van der Waals surface area contributed by atoms with Crippen LogP contribution in [0.2, 0.25) is 5.02 Å². The van der Waals surface area contributed by atoms with Gasteiger partial charge in [-0.15, -0.1) is 0 Å². The van der Waals surface area contributed by atoms with Gasteiger partial charge in [0.05, 0.1) is 17.8 Å². The summed E-state index contributed by atoms with van der Waals surface area (Å²) < 4.78 is 6.48. The van der Waals surface area contributed by atoms with E-state index in [0.29, 0.717) is 9.90 Å². The minimum atomic E-state index is -0.352. The molecule has 0 atom stereocenters. The number of halogens is 1. The Morgan fingerprint density at radius 2 is 2.16 bits per heavy atom. The van der Waals surface area contributed by atoms with Crippen LogP contribution in [0.25, 0.3) is 16.2 Å². The van der Waals surface area contributed by atoms with Gasteiger partial charge in [0.1, 0.15) is 4.88 Å². The van der Waals surface area contributed by atoms with Gasteiger partial charge in [-0.1, -0.05) is 41.1 Å². The van der Waals surface area contributed by atoms with E-state index in [1.54, 1.807) is 10.6 Å². The van der Waals surface area contributed by atoms with E-state index in [1.165, 1.54) is 18.4 Å². The average molecular weight is 293 g/mol. The predicted molar refractivity (Wildman–Crippen MR) is 74.9 cm³/mol. The zero-order chi connectivity index (χ0) is 13.4. The number of aromatic nitrogens is 2. The average Bonchev–Trinajstić information content (AvgIpc) is 2.96. The summed E-state index contributed by atoms with van der Waals surface area (Å²) in [4.78, 5) is 17.1. The number of rotatable bonds is 2. The molecular formula is C13H9ClN2O2S. The lowest BCUT2D eigenvalue weighted by molar-refractivity contribution is 0.0606. The van der Waals surface area contributed by atoms with Gasteiger partial charge < -0.3 is 4.74 Å². The number of hydrogen-bond donors (Lipinski definition) is 0. The summed E-state index contributed by atoms with van der Waals surface area (Å²) in [5.41, 5.74) is 1.66. The first-order chi connectivity index (χ1) is 9.19. The van der Waals surface area contributed by atoms with E-state index in [2.05, 4.69) is 9.72 Å². The lowest BCUT2D eigenvalue weighted by Crippen LogP contribution is -1.97. The van der Waals surface area contributed by atoms with Crippen molar-refractivity contribution in [1.29, 1.82) is 0 Å². The number of methoxy groups -OCH3 is 1. The summed E-state index contributed by atoms with van der Waals surface area (Å²) >= 11 is 7.42. The highest BCUT2D eigenvalue weighted by molar-refractivity contribution is 7.18. The topological polar surface area (TPSA) is 43.6 Å².